The number of methoxy groups -OCH3 is 1. The summed E-state index contributed by atoms with van der Waals surface area (Å²) in [5.41, 5.74) is 2.98. The number of benzene rings is 4. The zero-order valence-corrected chi connectivity index (χ0v) is 26.7. The monoisotopic (exact) mass is 658 g/mol. The highest BCUT2D eigenvalue weighted by Crippen LogP contribution is 2.32. The average molecular weight is 659 g/mol. The van der Waals surface area contributed by atoms with Crippen LogP contribution < -0.4 is 15.5 Å². The third kappa shape index (κ3) is 8.03. The van der Waals surface area contributed by atoms with Crippen molar-refractivity contribution in [1.29, 1.82) is 0 Å². The Morgan fingerprint density at radius 3 is 2.04 bits per heavy atom. The molecule has 0 radical (unpaired) electrons. The Morgan fingerprint density at radius 2 is 1.44 bits per heavy atom. The molecule has 2 atom stereocenters. The number of halogens is 3. The third-order valence-corrected chi connectivity index (χ3v) is 8.44. The van der Waals surface area contributed by atoms with Gasteiger partial charge >= 0.3 is 12.1 Å². The zero-order valence-electron chi connectivity index (χ0n) is 26.7. The van der Waals surface area contributed by atoms with Crippen LogP contribution in [0.25, 0.3) is 11.1 Å². The molecule has 0 aliphatic carbocycles. The van der Waals surface area contributed by atoms with E-state index in [4.69, 9.17) is 4.74 Å². The lowest BCUT2D eigenvalue weighted by molar-refractivity contribution is -0.146. The highest BCUT2D eigenvalue weighted by Gasteiger charge is 2.33. The summed E-state index contributed by atoms with van der Waals surface area (Å²) in [6, 6.07) is 27.1. The van der Waals surface area contributed by atoms with Gasteiger partial charge in [-0.05, 0) is 65.6 Å². The second-order valence-corrected chi connectivity index (χ2v) is 11.5. The van der Waals surface area contributed by atoms with Crippen LogP contribution in [0.5, 0.6) is 0 Å². The summed E-state index contributed by atoms with van der Waals surface area (Å²) in [6.45, 7) is 4.31. The van der Waals surface area contributed by atoms with Crippen molar-refractivity contribution in [3.63, 3.8) is 0 Å². The van der Waals surface area contributed by atoms with Gasteiger partial charge in [-0.2, -0.15) is 13.2 Å². The first-order valence-corrected chi connectivity index (χ1v) is 15.7. The molecular formula is C37H37F3N4O4. The van der Waals surface area contributed by atoms with Crippen LogP contribution in [-0.4, -0.2) is 62.0 Å². The molecule has 2 N–H and O–H groups in total. The number of carbonyl (C=O) groups is 3. The van der Waals surface area contributed by atoms with Crippen molar-refractivity contribution in [3.05, 3.63) is 120 Å². The molecule has 1 saturated heterocycles. The van der Waals surface area contributed by atoms with Crippen LogP contribution >= 0.6 is 0 Å². The molecule has 5 rings (SSSR count). The molecule has 250 valence electrons. The normalized spacial score (nSPS) is 14.9. The lowest BCUT2D eigenvalue weighted by atomic mass is 9.98. The summed E-state index contributed by atoms with van der Waals surface area (Å²) in [5, 5.41) is 5.76. The van der Waals surface area contributed by atoms with Crippen molar-refractivity contribution in [2.24, 2.45) is 0 Å². The predicted molar refractivity (Wildman–Crippen MR) is 178 cm³/mol. The summed E-state index contributed by atoms with van der Waals surface area (Å²) in [5.74, 6) is -1.12. The molecule has 1 aliphatic heterocycles. The molecule has 2 amide bonds. The van der Waals surface area contributed by atoms with Gasteiger partial charge in [-0.15, -0.1) is 0 Å². The van der Waals surface area contributed by atoms with E-state index in [-0.39, 0.29) is 11.8 Å². The Labute approximate surface area is 277 Å². The van der Waals surface area contributed by atoms with Crippen molar-refractivity contribution in [2.75, 3.05) is 43.5 Å². The van der Waals surface area contributed by atoms with E-state index < -0.39 is 29.8 Å². The van der Waals surface area contributed by atoms with Crippen molar-refractivity contribution in [1.82, 2.24) is 10.2 Å². The van der Waals surface area contributed by atoms with E-state index in [9.17, 15) is 27.6 Å². The van der Waals surface area contributed by atoms with E-state index >= 15 is 0 Å². The Balaban J connectivity index is 1.23. The summed E-state index contributed by atoms with van der Waals surface area (Å²) in [4.78, 5) is 43.3. The Bertz CT molecular complexity index is 1710. The second-order valence-electron chi connectivity index (χ2n) is 11.5. The van der Waals surface area contributed by atoms with E-state index in [1.165, 1.54) is 19.2 Å². The van der Waals surface area contributed by atoms with E-state index in [1.54, 1.807) is 36.4 Å². The van der Waals surface area contributed by atoms with E-state index in [2.05, 4.69) is 20.4 Å². The molecular weight excluding hydrogens is 621 g/mol. The standard InChI is InChI=1S/C37H37F3N4O4/c1-3-32(36(47)48-2)42-35(46)33(26-9-5-4-6-10-26)44-23-21-43(22-24-44)29-19-17-28(18-20-29)41-34(45)31-12-8-7-11-30(31)25-13-15-27(16-14-25)37(38,39)40/h4-20,32-33H,3,21-24H2,1-2H3,(H,41,45)(H,42,46). The molecule has 4 aromatic carbocycles. The first-order valence-electron chi connectivity index (χ1n) is 15.7. The Morgan fingerprint density at radius 1 is 0.812 bits per heavy atom. The smallest absolute Gasteiger partial charge is 0.416 e. The van der Waals surface area contributed by atoms with Gasteiger partial charge in [0, 0.05) is 43.1 Å². The molecule has 0 spiro atoms. The minimum atomic E-state index is -4.44. The van der Waals surface area contributed by atoms with Gasteiger partial charge in [0.25, 0.3) is 5.91 Å². The topological polar surface area (TPSA) is 91.0 Å². The number of amides is 2. The fraction of sp³-hybridized carbons (Fsp3) is 0.270. The number of ether oxygens (including phenoxy) is 1. The summed E-state index contributed by atoms with van der Waals surface area (Å²) in [7, 11) is 1.30. The number of alkyl halides is 3. The minimum absolute atomic E-state index is 0.258. The van der Waals surface area contributed by atoms with Gasteiger partial charge in [0.1, 0.15) is 12.1 Å². The number of nitrogens with one attached hydrogen (secondary N) is 2. The van der Waals surface area contributed by atoms with Crippen LogP contribution in [0.2, 0.25) is 0 Å². The molecule has 2 unspecified atom stereocenters. The lowest BCUT2D eigenvalue weighted by Crippen LogP contribution is -2.53. The van der Waals surface area contributed by atoms with Crippen molar-refractivity contribution in [3.8, 4) is 11.1 Å². The van der Waals surface area contributed by atoms with Crippen LogP contribution in [0.3, 0.4) is 0 Å². The molecule has 1 aliphatic rings. The number of hydrogen-bond donors (Lipinski definition) is 2. The van der Waals surface area contributed by atoms with Gasteiger partial charge in [-0.25, -0.2) is 4.79 Å². The first kappa shape index (κ1) is 34.2. The van der Waals surface area contributed by atoms with Crippen molar-refractivity contribution >= 4 is 29.2 Å². The maximum atomic E-state index is 13.5. The van der Waals surface area contributed by atoms with Crippen LogP contribution in [0.1, 0.15) is 40.9 Å². The summed E-state index contributed by atoms with van der Waals surface area (Å²) >= 11 is 0. The highest BCUT2D eigenvalue weighted by molar-refractivity contribution is 6.08. The maximum Gasteiger partial charge on any atom is 0.416 e. The van der Waals surface area contributed by atoms with Crippen molar-refractivity contribution in [2.45, 2.75) is 31.6 Å². The lowest BCUT2D eigenvalue weighted by Gasteiger charge is -2.40. The van der Waals surface area contributed by atoms with Crippen molar-refractivity contribution < 1.29 is 32.3 Å². The SMILES string of the molecule is CCC(NC(=O)C(c1ccccc1)N1CCN(c2ccc(NC(=O)c3ccccc3-c3ccc(C(F)(F)F)cc3)cc2)CC1)C(=O)OC. The molecule has 0 aromatic heterocycles. The third-order valence-electron chi connectivity index (χ3n) is 8.44. The number of carbonyl (C=O) groups excluding carboxylic acids is 3. The molecule has 1 fully saturated rings. The number of piperazine rings is 1. The first-order chi connectivity index (χ1) is 23.1. The molecule has 0 saturated carbocycles. The molecule has 4 aromatic rings. The number of hydrogen-bond acceptors (Lipinski definition) is 6. The van der Waals surface area contributed by atoms with Crippen LogP contribution in [-0.2, 0) is 20.5 Å². The van der Waals surface area contributed by atoms with E-state index in [0.717, 1.165) is 23.4 Å². The molecule has 48 heavy (non-hydrogen) atoms. The van der Waals surface area contributed by atoms with Gasteiger partial charge < -0.3 is 20.3 Å². The highest BCUT2D eigenvalue weighted by atomic mass is 19.4. The van der Waals surface area contributed by atoms with Gasteiger partial charge in [-0.1, -0.05) is 67.6 Å². The Hall–Kier alpha value is -5.16. The summed E-state index contributed by atoms with van der Waals surface area (Å²) in [6.07, 6.45) is -4.03. The van der Waals surface area contributed by atoms with Gasteiger partial charge in [0.2, 0.25) is 5.91 Å². The zero-order chi connectivity index (χ0) is 34.3. The predicted octanol–water partition coefficient (Wildman–Crippen LogP) is 6.56. The van der Waals surface area contributed by atoms with E-state index in [1.807, 2.05) is 49.4 Å². The number of esters is 1. The largest absolute Gasteiger partial charge is 0.467 e. The quantitative estimate of drug-likeness (QED) is 0.188. The Kier molecular flexibility index (Phi) is 10.8. The summed E-state index contributed by atoms with van der Waals surface area (Å²) < 4.78 is 44.0. The van der Waals surface area contributed by atoms with E-state index in [0.29, 0.717) is 55.0 Å². The minimum Gasteiger partial charge on any atom is -0.467 e. The van der Waals surface area contributed by atoms with Crippen LogP contribution in [0.15, 0.2) is 103 Å². The molecule has 8 nitrogen and oxygen atoms in total. The van der Waals surface area contributed by atoms with Gasteiger partial charge in [-0.3, -0.25) is 14.5 Å². The molecule has 1 heterocycles. The number of nitrogens with zero attached hydrogens (tertiary/aromatic N) is 2. The number of rotatable bonds is 10. The average Bonchev–Trinajstić information content (AvgIpc) is 3.11. The molecule has 0 bridgehead atoms. The maximum absolute atomic E-state index is 13.5. The van der Waals surface area contributed by atoms with Gasteiger partial charge in [0.15, 0.2) is 0 Å². The van der Waals surface area contributed by atoms with Crippen LogP contribution in [0.4, 0.5) is 24.5 Å². The fourth-order valence-electron chi connectivity index (χ4n) is 5.85. The second kappa shape index (κ2) is 15.2. The fourth-order valence-corrected chi connectivity index (χ4v) is 5.85. The number of anilines is 2. The van der Waals surface area contributed by atoms with Crippen LogP contribution in [0, 0.1) is 0 Å². The van der Waals surface area contributed by atoms with Gasteiger partial charge in [0.05, 0.1) is 12.7 Å². The molecule has 11 heteroatoms.